The van der Waals surface area contributed by atoms with Crippen LogP contribution in [0.3, 0.4) is 0 Å². The highest BCUT2D eigenvalue weighted by Gasteiger charge is 2.24. The van der Waals surface area contributed by atoms with Gasteiger partial charge in [0.2, 0.25) is 0 Å². The number of carboxylic acid groups (broad SMARTS) is 1. The van der Waals surface area contributed by atoms with Crippen LogP contribution in [-0.2, 0) is 0 Å². The van der Waals surface area contributed by atoms with E-state index >= 15 is 0 Å². The third kappa shape index (κ3) is 4.23. The van der Waals surface area contributed by atoms with E-state index in [0.29, 0.717) is 23.6 Å². The third-order valence-electron chi connectivity index (χ3n) is 4.45. The second-order valence-electron chi connectivity index (χ2n) is 6.26. The maximum atomic E-state index is 11.6. The number of carboxylic acids is 1. The van der Waals surface area contributed by atoms with Gasteiger partial charge in [0.15, 0.2) is 5.69 Å². The number of rotatable bonds is 9. The fourth-order valence-electron chi connectivity index (χ4n) is 2.98. The molecule has 0 amide bonds. The van der Waals surface area contributed by atoms with E-state index in [2.05, 4.69) is 18.0 Å². The summed E-state index contributed by atoms with van der Waals surface area (Å²) in [6.07, 6.45) is 4.74. The molecule has 1 aromatic carbocycles. The van der Waals surface area contributed by atoms with Crippen molar-refractivity contribution < 1.29 is 14.6 Å². The maximum absolute atomic E-state index is 11.6. The molecule has 1 aromatic heterocycles. The second kappa shape index (κ2) is 9.04. The van der Waals surface area contributed by atoms with Gasteiger partial charge in [0.1, 0.15) is 18.2 Å². The summed E-state index contributed by atoms with van der Waals surface area (Å²) in [4.78, 5) is 15.7. The minimum absolute atomic E-state index is 0.110. The van der Waals surface area contributed by atoms with Gasteiger partial charge < -0.3 is 9.84 Å². The molecule has 1 N–H and O–H groups in total. The minimum Gasteiger partial charge on any atom is -0.487 e. The van der Waals surface area contributed by atoms with E-state index in [1.54, 1.807) is 19.1 Å². The molecule has 2 atom stereocenters. The first kappa shape index (κ1) is 19.5. The lowest BCUT2D eigenvalue weighted by Gasteiger charge is -2.24. The number of nitrogens with zero attached hydrogens (tertiary/aromatic N) is 3. The molecule has 0 radical (unpaired) electrons. The molecular weight excluding hydrogens is 330 g/mol. The van der Waals surface area contributed by atoms with Crippen molar-refractivity contribution in [1.82, 2.24) is 9.55 Å². The van der Waals surface area contributed by atoms with Crippen LogP contribution in [0.1, 0.15) is 55.7 Å². The Morgan fingerprint density at radius 2 is 2.12 bits per heavy atom. The van der Waals surface area contributed by atoms with Crippen LogP contribution in [0.4, 0.5) is 0 Å². The first-order valence-corrected chi connectivity index (χ1v) is 8.96. The van der Waals surface area contributed by atoms with Crippen LogP contribution in [-0.4, -0.2) is 26.7 Å². The molecule has 0 saturated carbocycles. The SMILES string of the molecule is CCCCC(Oc1ccccc1-n1cnc(C)c1C(=O)O)C(C#N)CC. The number of hydrogen-bond acceptors (Lipinski definition) is 4. The quantitative estimate of drug-likeness (QED) is 0.722. The highest BCUT2D eigenvalue weighted by Crippen LogP contribution is 2.29. The van der Waals surface area contributed by atoms with Crippen LogP contribution in [0.25, 0.3) is 5.69 Å². The molecule has 6 heteroatoms. The molecule has 0 fully saturated rings. The van der Waals surface area contributed by atoms with Gasteiger partial charge in [-0.2, -0.15) is 5.26 Å². The number of imidazole rings is 1. The van der Waals surface area contributed by atoms with Gasteiger partial charge in [0, 0.05) is 0 Å². The summed E-state index contributed by atoms with van der Waals surface area (Å²) in [5.74, 6) is -0.693. The van der Waals surface area contributed by atoms with Gasteiger partial charge in [-0.3, -0.25) is 4.57 Å². The van der Waals surface area contributed by atoms with E-state index in [-0.39, 0.29) is 17.7 Å². The Hall–Kier alpha value is -2.81. The predicted molar refractivity (Wildman–Crippen MR) is 98.6 cm³/mol. The van der Waals surface area contributed by atoms with Crippen molar-refractivity contribution >= 4 is 5.97 Å². The molecule has 2 aromatic rings. The summed E-state index contributed by atoms with van der Waals surface area (Å²) in [7, 11) is 0. The van der Waals surface area contributed by atoms with Crippen LogP contribution in [0, 0.1) is 24.2 Å². The molecular formula is C20H25N3O3. The standard InChI is InChI=1S/C20H25N3O3/c1-4-6-10-17(15(5-2)12-21)26-18-11-8-7-9-16(18)23-13-22-14(3)19(23)20(24)25/h7-9,11,13,15,17H,4-6,10H2,1-3H3,(H,24,25). The number of benzene rings is 1. The number of ether oxygens (including phenoxy) is 1. The number of unbranched alkanes of at least 4 members (excludes halogenated alkanes) is 1. The summed E-state index contributed by atoms with van der Waals surface area (Å²) in [5, 5.41) is 19.0. The molecule has 1 heterocycles. The van der Waals surface area contributed by atoms with Gasteiger partial charge >= 0.3 is 5.97 Å². The fraction of sp³-hybridized carbons (Fsp3) is 0.450. The lowest BCUT2D eigenvalue weighted by molar-refractivity contribution is 0.0687. The van der Waals surface area contributed by atoms with Crippen molar-refractivity contribution in [3.8, 4) is 17.5 Å². The Balaban J connectivity index is 2.42. The number of hydrogen-bond donors (Lipinski definition) is 1. The molecule has 0 spiro atoms. The molecule has 26 heavy (non-hydrogen) atoms. The lowest BCUT2D eigenvalue weighted by atomic mass is 9.96. The number of aromatic nitrogens is 2. The van der Waals surface area contributed by atoms with Crippen molar-refractivity contribution in [2.75, 3.05) is 0 Å². The molecule has 0 aliphatic rings. The van der Waals surface area contributed by atoms with Gasteiger partial charge in [-0.25, -0.2) is 9.78 Å². The highest BCUT2D eigenvalue weighted by atomic mass is 16.5. The number of aromatic carboxylic acids is 1. The normalized spacial score (nSPS) is 13.0. The number of para-hydroxylation sites is 2. The Bertz CT molecular complexity index is 792. The zero-order chi connectivity index (χ0) is 19.1. The Kier molecular flexibility index (Phi) is 6.79. The summed E-state index contributed by atoms with van der Waals surface area (Å²) in [5.41, 5.74) is 1.16. The predicted octanol–water partition coefficient (Wildman–Crippen LogP) is 4.37. The largest absolute Gasteiger partial charge is 0.487 e. The molecule has 2 unspecified atom stereocenters. The van der Waals surface area contributed by atoms with E-state index in [1.807, 2.05) is 19.1 Å². The monoisotopic (exact) mass is 355 g/mol. The summed E-state index contributed by atoms with van der Waals surface area (Å²) in [6, 6.07) is 9.61. The van der Waals surface area contributed by atoms with Gasteiger partial charge in [0.25, 0.3) is 0 Å². The zero-order valence-electron chi connectivity index (χ0n) is 15.5. The number of nitriles is 1. The second-order valence-corrected chi connectivity index (χ2v) is 6.26. The van der Waals surface area contributed by atoms with Gasteiger partial charge in [-0.1, -0.05) is 32.4 Å². The number of aryl methyl sites for hydroxylation is 1. The van der Waals surface area contributed by atoms with Crippen molar-refractivity contribution in [3.63, 3.8) is 0 Å². The van der Waals surface area contributed by atoms with Gasteiger partial charge in [-0.15, -0.1) is 0 Å². The average molecular weight is 355 g/mol. The van der Waals surface area contributed by atoms with Crippen molar-refractivity contribution in [2.45, 2.75) is 52.6 Å². The zero-order valence-corrected chi connectivity index (χ0v) is 15.5. The summed E-state index contributed by atoms with van der Waals surface area (Å²) in [6.45, 7) is 5.74. The van der Waals surface area contributed by atoms with Crippen LogP contribution in [0.15, 0.2) is 30.6 Å². The minimum atomic E-state index is -1.04. The highest BCUT2D eigenvalue weighted by molar-refractivity contribution is 5.88. The first-order chi connectivity index (χ1) is 12.5. The van der Waals surface area contributed by atoms with Gasteiger partial charge in [-0.05, 0) is 38.3 Å². The average Bonchev–Trinajstić information content (AvgIpc) is 3.02. The third-order valence-corrected chi connectivity index (χ3v) is 4.45. The van der Waals surface area contributed by atoms with Crippen LogP contribution in [0.2, 0.25) is 0 Å². The summed E-state index contributed by atoms with van der Waals surface area (Å²) < 4.78 is 7.75. The molecule has 0 aliphatic carbocycles. The van der Waals surface area contributed by atoms with Crippen LogP contribution >= 0.6 is 0 Å². The lowest BCUT2D eigenvalue weighted by Crippen LogP contribution is -2.26. The molecule has 138 valence electrons. The Labute approximate surface area is 154 Å². The fourth-order valence-corrected chi connectivity index (χ4v) is 2.98. The van der Waals surface area contributed by atoms with Crippen molar-refractivity contribution in [3.05, 3.63) is 42.0 Å². The molecule has 0 bridgehead atoms. The first-order valence-electron chi connectivity index (χ1n) is 8.96. The molecule has 0 aliphatic heterocycles. The number of carbonyl (C=O) groups is 1. The maximum Gasteiger partial charge on any atom is 0.354 e. The molecule has 0 saturated heterocycles. The summed E-state index contributed by atoms with van der Waals surface area (Å²) >= 11 is 0. The van der Waals surface area contributed by atoms with E-state index in [9.17, 15) is 15.2 Å². The van der Waals surface area contributed by atoms with E-state index in [1.165, 1.54) is 10.9 Å². The molecule has 2 rings (SSSR count). The van der Waals surface area contributed by atoms with E-state index in [4.69, 9.17) is 4.74 Å². The van der Waals surface area contributed by atoms with Crippen LogP contribution in [0.5, 0.6) is 5.75 Å². The smallest absolute Gasteiger partial charge is 0.354 e. The topological polar surface area (TPSA) is 88.1 Å². The van der Waals surface area contributed by atoms with Gasteiger partial charge in [0.05, 0.1) is 23.4 Å². The Morgan fingerprint density at radius 1 is 1.38 bits per heavy atom. The van der Waals surface area contributed by atoms with Crippen molar-refractivity contribution in [1.29, 1.82) is 5.26 Å². The van der Waals surface area contributed by atoms with Crippen LogP contribution < -0.4 is 4.74 Å². The van der Waals surface area contributed by atoms with E-state index < -0.39 is 5.97 Å². The van der Waals surface area contributed by atoms with E-state index in [0.717, 1.165) is 19.3 Å². The van der Waals surface area contributed by atoms with Crippen molar-refractivity contribution in [2.24, 2.45) is 5.92 Å². The Morgan fingerprint density at radius 3 is 2.73 bits per heavy atom. The molecule has 6 nitrogen and oxygen atoms in total.